The SMILES string of the molecule is C=CC(=C(c1ccc(N(CC)CC)cc1)C(O[Cl+3]([O-])([O-])[O-])(c1ccc(N(CC)CC)cc1)c1ccc(N(CC)CC)cc1)c1ccc(N(CC)CC)cc1. The molecule has 0 atom stereocenters. The Morgan fingerprint density at radius 2 is 0.778 bits per heavy atom. The molecule has 0 aliphatic heterocycles. The number of halogens is 1. The standard InChI is InChI=1S/C45H59ClN4O4/c1-10-43(35-19-27-39(28-20-35)47(11-2)12-3)44(36-21-29-40(30-22-36)48(13-4)14-5)45(54-46(51,52)53,37-23-31-41(32-24-37)49(15-6)16-7)38-25-33-42(34-26-38)50(17-8)18-9/h10,19-34H,1,11-18H2,2-9H3. The smallest absolute Gasteiger partial charge is 0.299 e. The fourth-order valence-corrected chi connectivity index (χ4v) is 8.04. The van der Waals surface area contributed by atoms with Crippen LogP contribution in [0, 0.1) is 10.2 Å². The van der Waals surface area contributed by atoms with Gasteiger partial charge < -0.3 is 19.6 Å². The minimum atomic E-state index is -4.98. The van der Waals surface area contributed by atoms with Gasteiger partial charge in [-0.15, -0.1) is 0 Å². The zero-order valence-corrected chi connectivity index (χ0v) is 34.2. The summed E-state index contributed by atoms with van der Waals surface area (Å²) in [5.74, 6) is 0. The number of anilines is 4. The van der Waals surface area contributed by atoms with Gasteiger partial charge in [-0.25, -0.2) is 0 Å². The van der Waals surface area contributed by atoms with E-state index in [-0.39, 0.29) is 0 Å². The summed E-state index contributed by atoms with van der Waals surface area (Å²) >= 11 is 0. The average Bonchev–Trinajstić information content (AvgIpc) is 3.19. The first-order valence-electron chi connectivity index (χ1n) is 19.4. The molecule has 4 aromatic carbocycles. The minimum absolute atomic E-state index is 0.484. The maximum atomic E-state index is 13.2. The predicted octanol–water partition coefficient (Wildman–Crippen LogP) is 7.03. The van der Waals surface area contributed by atoms with E-state index in [1.807, 2.05) is 84.9 Å². The second-order valence-corrected chi connectivity index (χ2v) is 13.9. The van der Waals surface area contributed by atoms with Crippen molar-refractivity contribution in [2.45, 2.75) is 61.0 Å². The maximum Gasteiger partial charge on any atom is 0.299 e. The van der Waals surface area contributed by atoms with Crippen LogP contribution in [0.4, 0.5) is 22.7 Å². The van der Waals surface area contributed by atoms with Gasteiger partial charge in [0.05, 0.1) is 14.5 Å². The molecule has 9 heteroatoms. The zero-order chi connectivity index (χ0) is 39.5. The summed E-state index contributed by atoms with van der Waals surface area (Å²) in [7, 11) is -4.98. The molecule has 290 valence electrons. The molecule has 0 bridgehead atoms. The second kappa shape index (κ2) is 19.3. The van der Waals surface area contributed by atoms with Crippen LogP contribution in [0.25, 0.3) is 11.1 Å². The molecule has 0 spiro atoms. The average molecular weight is 755 g/mol. The Morgan fingerprint density at radius 3 is 1.04 bits per heavy atom. The van der Waals surface area contributed by atoms with Gasteiger partial charge in [-0.05, 0) is 121 Å². The number of allylic oxidation sites excluding steroid dienone is 2. The molecule has 4 rings (SSSR count). The first-order chi connectivity index (χ1) is 26.0. The summed E-state index contributed by atoms with van der Waals surface area (Å²) in [6.45, 7) is 27.7. The minimum Gasteiger partial charge on any atom is -0.372 e. The lowest BCUT2D eigenvalue weighted by Gasteiger charge is -2.35. The Labute approximate surface area is 326 Å². The van der Waals surface area contributed by atoms with E-state index in [1.165, 1.54) is 0 Å². The summed E-state index contributed by atoms with van der Waals surface area (Å²) in [4.78, 5) is 8.93. The van der Waals surface area contributed by atoms with Crippen LogP contribution in [-0.2, 0) is 9.89 Å². The number of benzene rings is 4. The molecule has 0 saturated heterocycles. The van der Waals surface area contributed by atoms with E-state index in [0.29, 0.717) is 27.8 Å². The van der Waals surface area contributed by atoms with E-state index in [0.717, 1.165) is 80.7 Å². The molecule has 0 aliphatic carbocycles. The van der Waals surface area contributed by atoms with Crippen LogP contribution in [0.1, 0.15) is 77.6 Å². The lowest BCUT2D eigenvalue weighted by Crippen LogP contribution is -2.64. The first-order valence-corrected chi connectivity index (χ1v) is 20.6. The highest BCUT2D eigenvalue weighted by molar-refractivity contribution is 6.00. The number of rotatable bonds is 20. The van der Waals surface area contributed by atoms with E-state index < -0.39 is 15.8 Å². The fraction of sp³-hybridized carbons (Fsp3) is 0.378. The Hall–Kier alpha value is -4.31. The van der Waals surface area contributed by atoms with Gasteiger partial charge in [-0.2, -0.15) is 14.0 Å². The molecule has 54 heavy (non-hydrogen) atoms. The van der Waals surface area contributed by atoms with Crippen LogP contribution < -0.4 is 33.6 Å². The van der Waals surface area contributed by atoms with Gasteiger partial charge in [0.15, 0.2) is 0 Å². The molecule has 0 unspecified atom stereocenters. The molecular weight excluding hydrogens is 696 g/mol. The fourth-order valence-electron chi connectivity index (χ4n) is 7.50. The summed E-state index contributed by atoms with van der Waals surface area (Å²) in [5.41, 5.74) is 5.70. The van der Waals surface area contributed by atoms with Crippen molar-refractivity contribution in [3.05, 3.63) is 132 Å². The molecular formula is C45H59ClN4O4. The van der Waals surface area contributed by atoms with Crippen molar-refractivity contribution in [1.29, 1.82) is 0 Å². The van der Waals surface area contributed by atoms with Gasteiger partial charge in [0.25, 0.3) is 5.60 Å². The lowest BCUT2D eigenvalue weighted by molar-refractivity contribution is -1.92. The highest BCUT2D eigenvalue weighted by Crippen LogP contribution is 2.51. The number of nitrogens with zero attached hydrogens (tertiary/aromatic N) is 4. The number of hydrogen-bond donors (Lipinski definition) is 0. The van der Waals surface area contributed by atoms with Gasteiger partial charge in [0.2, 0.25) is 0 Å². The number of hydrogen-bond acceptors (Lipinski definition) is 8. The second-order valence-electron chi connectivity index (χ2n) is 13.0. The molecule has 0 heterocycles. The van der Waals surface area contributed by atoms with E-state index in [2.05, 4.69) is 93.7 Å². The summed E-state index contributed by atoms with van der Waals surface area (Å²) in [6, 6.07) is 31.6. The van der Waals surface area contributed by atoms with E-state index >= 15 is 0 Å². The lowest BCUT2D eigenvalue weighted by atomic mass is 9.74. The third-order valence-electron chi connectivity index (χ3n) is 10.4. The largest absolute Gasteiger partial charge is 0.372 e. The Balaban J connectivity index is 2.21. The highest BCUT2D eigenvalue weighted by atomic mass is 35.7. The van der Waals surface area contributed by atoms with Crippen LogP contribution in [0.2, 0.25) is 0 Å². The quantitative estimate of drug-likeness (QED) is 0.0703. The van der Waals surface area contributed by atoms with Crippen molar-refractivity contribution in [2.24, 2.45) is 0 Å². The maximum absolute atomic E-state index is 13.2. The summed E-state index contributed by atoms with van der Waals surface area (Å²) in [5, 5.41) is 0. The van der Waals surface area contributed by atoms with Gasteiger partial charge in [0, 0.05) is 91.8 Å². The van der Waals surface area contributed by atoms with Crippen LogP contribution in [0.3, 0.4) is 0 Å². The monoisotopic (exact) mass is 754 g/mol. The summed E-state index contributed by atoms with van der Waals surface area (Å²) < 4.78 is 45.8. The van der Waals surface area contributed by atoms with E-state index in [1.54, 1.807) is 6.08 Å². The molecule has 4 aromatic rings. The first kappa shape index (κ1) is 42.4. The van der Waals surface area contributed by atoms with E-state index in [9.17, 15) is 14.0 Å². The molecule has 0 saturated carbocycles. The van der Waals surface area contributed by atoms with Crippen molar-refractivity contribution < 1.29 is 28.5 Å². The topological polar surface area (TPSA) is 91.4 Å². The van der Waals surface area contributed by atoms with Crippen molar-refractivity contribution in [1.82, 2.24) is 0 Å². The van der Waals surface area contributed by atoms with Crippen molar-refractivity contribution in [2.75, 3.05) is 72.0 Å². The van der Waals surface area contributed by atoms with Crippen LogP contribution >= 0.6 is 0 Å². The Morgan fingerprint density at radius 1 is 0.500 bits per heavy atom. The van der Waals surface area contributed by atoms with Gasteiger partial charge in [-0.3, -0.25) is 0 Å². The Bertz CT molecular complexity index is 1710. The molecule has 0 aromatic heterocycles. The van der Waals surface area contributed by atoms with Crippen LogP contribution in [-0.4, -0.2) is 52.4 Å². The molecule has 0 N–H and O–H groups in total. The third kappa shape index (κ3) is 9.31. The van der Waals surface area contributed by atoms with Gasteiger partial charge in [-0.1, -0.05) is 61.2 Å². The third-order valence-corrected chi connectivity index (χ3v) is 10.9. The van der Waals surface area contributed by atoms with E-state index in [4.69, 9.17) is 4.29 Å². The Kier molecular flexibility index (Phi) is 15.2. The highest BCUT2D eigenvalue weighted by Gasteiger charge is 2.54. The van der Waals surface area contributed by atoms with Crippen molar-refractivity contribution in [3.63, 3.8) is 0 Å². The van der Waals surface area contributed by atoms with Gasteiger partial charge in [0.1, 0.15) is 0 Å². The molecule has 0 fully saturated rings. The predicted molar refractivity (Wildman–Crippen MR) is 219 cm³/mol. The van der Waals surface area contributed by atoms with Crippen molar-refractivity contribution in [3.8, 4) is 0 Å². The van der Waals surface area contributed by atoms with Crippen molar-refractivity contribution >= 4 is 33.9 Å². The molecule has 0 amide bonds. The van der Waals surface area contributed by atoms with Gasteiger partial charge >= 0.3 is 0 Å². The van der Waals surface area contributed by atoms with Crippen LogP contribution in [0.5, 0.6) is 0 Å². The normalized spacial score (nSPS) is 12.3. The molecule has 0 aliphatic rings. The molecule has 0 radical (unpaired) electrons. The summed E-state index contributed by atoms with van der Waals surface area (Å²) in [6.07, 6.45) is 1.74. The zero-order valence-electron chi connectivity index (χ0n) is 33.5. The molecule has 8 nitrogen and oxygen atoms in total. The van der Waals surface area contributed by atoms with Crippen LogP contribution in [0.15, 0.2) is 110 Å².